The van der Waals surface area contributed by atoms with Crippen LogP contribution in [0.15, 0.2) is 10.5 Å². The van der Waals surface area contributed by atoms with Gasteiger partial charge in [-0.15, -0.1) is 0 Å². The summed E-state index contributed by atoms with van der Waals surface area (Å²) in [6.07, 6.45) is 4.32. The van der Waals surface area contributed by atoms with Gasteiger partial charge in [0.1, 0.15) is 11.5 Å². The average Bonchev–Trinajstić information content (AvgIpc) is 2.96. The van der Waals surface area contributed by atoms with Crippen LogP contribution in [-0.4, -0.2) is 6.29 Å². The molecule has 0 saturated heterocycles. The maximum absolute atomic E-state index is 10.8. The van der Waals surface area contributed by atoms with Crippen LogP contribution in [0.25, 0.3) is 0 Å². The topological polar surface area (TPSA) is 30.2 Å². The van der Waals surface area contributed by atoms with E-state index >= 15 is 0 Å². The standard InChI is InChI=1S/C12H16O2/c1-3-8(2)11-6-10(7-13)12(14-11)9-4-5-9/h6-9H,3-5H2,1-2H3. The highest BCUT2D eigenvalue weighted by Gasteiger charge is 2.30. The fourth-order valence-electron chi connectivity index (χ4n) is 1.64. The normalized spacial score (nSPS) is 18.1. The van der Waals surface area contributed by atoms with E-state index < -0.39 is 0 Å². The van der Waals surface area contributed by atoms with Crippen molar-refractivity contribution in [3.05, 3.63) is 23.2 Å². The van der Waals surface area contributed by atoms with Crippen molar-refractivity contribution in [2.75, 3.05) is 0 Å². The third kappa shape index (κ3) is 1.61. The first kappa shape index (κ1) is 9.50. The number of furan rings is 1. The van der Waals surface area contributed by atoms with Crippen molar-refractivity contribution in [2.24, 2.45) is 0 Å². The molecule has 0 amide bonds. The molecule has 1 aromatic rings. The zero-order valence-corrected chi connectivity index (χ0v) is 8.75. The van der Waals surface area contributed by atoms with Crippen LogP contribution in [0.2, 0.25) is 0 Å². The Hall–Kier alpha value is -1.05. The van der Waals surface area contributed by atoms with Gasteiger partial charge in [-0.25, -0.2) is 0 Å². The maximum Gasteiger partial charge on any atom is 0.153 e. The Balaban J connectivity index is 2.30. The molecule has 1 saturated carbocycles. The van der Waals surface area contributed by atoms with E-state index in [4.69, 9.17) is 4.42 Å². The molecule has 2 rings (SSSR count). The number of carbonyl (C=O) groups excluding carboxylic acids is 1. The van der Waals surface area contributed by atoms with Gasteiger partial charge in [0.05, 0.1) is 5.56 Å². The lowest BCUT2D eigenvalue weighted by Crippen LogP contribution is -1.86. The van der Waals surface area contributed by atoms with Crippen molar-refractivity contribution in [3.63, 3.8) is 0 Å². The van der Waals surface area contributed by atoms with E-state index in [2.05, 4.69) is 13.8 Å². The molecule has 1 atom stereocenters. The second kappa shape index (κ2) is 3.60. The summed E-state index contributed by atoms with van der Waals surface area (Å²) in [6, 6.07) is 1.91. The quantitative estimate of drug-likeness (QED) is 0.683. The smallest absolute Gasteiger partial charge is 0.153 e. The van der Waals surface area contributed by atoms with E-state index in [1.807, 2.05) is 6.07 Å². The van der Waals surface area contributed by atoms with E-state index in [9.17, 15) is 4.79 Å². The number of rotatable bonds is 4. The van der Waals surface area contributed by atoms with Gasteiger partial charge < -0.3 is 4.42 Å². The summed E-state index contributed by atoms with van der Waals surface area (Å²) in [5.41, 5.74) is 0.766. The predicted octanol–water partition coefficient (Wildman–Crippen LogP) is 3.48. The highest BCUT2D eigenvalue weighted by molar-refractivity contribution is 5.77. The summed E-state index contributed by atoms with van der Waals surface area (Å²) in [6.45, 7) is 4.26. The number of aldehydes is 1. The van der Waals surface area contributed by atoms with E-state index in [0.29, 0.717) is 11.8 Å². The lowest BCUT2D eigenvalue weighted by Gasteiger charge is -2.02. The molecular weight excluding hydrogens is 176 g/mol. The third-order valence-corrected chi connectivity index (χ3v) is 2.98. The monoisotopic (exact) mass is 192 g/mol. The minimum Gasteiger partial charge on any atom is -0.465 e. The third-order valence-electron chi connectivity index (χ3n) is 2.98. The van der Waals surface area contributed by atoms with E-state index in [-0.39, 0.29) is 0 Å². The fraction of sp³-hybridized carbons (Fsp3) is 0.583. The average molecular weight is 192 g/mol. The molecule has 0 aromatic carbocycles. The van der Waals surface area contributed by atoms with E-state index in [1.165, 1.54) is 12.8 Å². The van der Waals surface area contributed by atoms with Crippen molar-refractivity contribution in [3.8, 4) is 0 Å². The van der Waals surface area contributed by atoms with Gasteiger partial charge in [0.25, 0.3) is 0 Å². The summed E-state index contributed by atoms with van der Waals surface area (Å²) in [7, 11) is 0. The summed E-state index contributed by atoms with van der Waals surface area (Å²) < 4.78 is 5.75. The van der Waals surface area contributed by atoms with Crippen molar-refractivity contribution >= 4 is 6.29 Å². The Morgan fingerprint density at radius 2 is 2.36 bits per heavy atom. The molecule has 14 heavy (non-hydrogen) atoms. The lowest BCUT2D eigenvalue weighted by atomic mass is 10.1. The summed E-state index contributed by atoms with van der Waals surface area (Å²) >= 11 is 0. The van der Waals surface area contributed by atoms with Crippen molar-refractivity contribution in [1.82, 2.24) is 0 Å². The number of carbonyl (C=O) groups is 1. The molecule has 0 aliphatic heterocycles. The Morgan fingerprint density at radius 1 is 1.64 bits per heavy atom. The van der Waals surface area contributed by atoms with Gasteiger partial charge >= 0.3 is 0 Å². The molecule has 1 aliphatic carbocycles. The molecule has 0 spiro atoms. The van der Waals surface area contributed by atoms with Crippen LogP contribution in [-0.2, 0) is 0 Å². The number of hydrogen-bond acceptors (Lipinski definition) is 2. The SMILES string of the molecule is CCC(C)c1cc(C=O)c(C2CC2)o1. The molecule has 1 aromatic heterocycles. The second-order valence-electron chi connectivity index (χ2n) is 4.17. The second-order valence-corrected chi connectivity index (χ2v) is 4.17. The van der Waals surface area contributed by atoms with Crippen LogP contribution in [0.1, 0.15) is 66.8 Å². The van der Waals surface area contributed by atoms with Crippen LogP contribution in [0.5, 0.6) is 0 Å². The van der Waals surface area contributed by atoms with E-state index in [0.717, 1.165) is 29.8 Å². The van der Waals surface area contributed by atoms with Crippen LogP contribution in [0.4, 0.5) is 0 Å². The molecule has 1 heterocycles. The van der Waals surface area contributed by atoms with Crippen LogP contribution >= 0.6 is 0 Å². The van der Waals surface area contributed by atoms with Gasteiger partial charge in [0.15, 0.2) is 6.29 Å². The molecule has 0 radical (unpaired) electrons. The Labute approximate surface area is 84.3 Å². The summed E-state index contributed by atoms with van der Waals surface area (Å²) in [5.74, 6) is 2.83. The molecule has 76 valence electrons. The molecule has 0 bridgehead atoms. The first-order valence-corrected chi connectivity index (χ1v) is 5.35. The van der Waals surface area contributed by atoms with Crippen LogP contribution < -0.4 is 0 Å². The minimum absolute atomic E-state index is 0.418. The number of hydrogen-bond donors (Lipinski definition) is 0. The molecule has 1 unspecified atom stereocenters. The Bertz CT molecular complexity index is 334. The first-order valence-electron chi connectivity index (χ1n) is 5.35. The minimum atomic E-state index is 0.418. The Kier molecular flexibility index (Phi) is 2.44. The van der Waals surface area contributed by atoms with Crippen molar-refractivity contribution in [1.29, 1.82) is 0 Å². The van der Waals surface area contributed by atoms with Gasteiger partial charge in [-0.2, -0.15) is 0 Å². The van der Waals surface area contributed by atoms with Crippen molar-refractivity contribution < 1.29 is 9.21 Å². The summed E-state index contributed by atoms with van der Waals surface area (Å²) in [4.78, 5) is 10.8. The van der Waals surface area contributed by atoms with Gasteiger partial charge in [-0.3, -0.25) is 4.79 Å². The molecule has 1 fully saturated rings. The molecule has 2 heteroatoms. The van der Waals surface area contributed by atoms with Gasteiger partial charge in [0.2, 0.25) is 0 Å². The maximum atomic E-state index is 10.8. The molecule has 1 aliphatic rings. The molecular formula is C12H16O2. The lowest BCUT2D eigenvalue weighted by molar-refractivity contribution is 0.112. The summed E-state index contributed by atoms with van der Waals surface area (Å²) in [5, 5.41) is 0. The van der Waals surface area contributed by atoms with Gasteiger partial charge in [-0.1, -0.05) is 13.8 Å². The molecule has 2 nitrogen and oxygen atoms in total. The van der Waals surface area contributed by atoms with Gasteiger partial charge in [-0.05, 0) is 25.3 Å². The van der Waals surface area contributed by atoms with Crippen LogP contribution in [0, 0.1) is 0 Å². The van der Waals surface area contributed by atoms with E-state index in [1.54, 1.807) is 0 Å². The highest BCUT2D eigenvalue weighted by atomic mass is 16.3. The highest BCUT2D eigenvalue weighted by Crippen LogP contribution is 2.43. The molecule has 0 N–H and O–H groups in total. The van der Waals surface area contributed by atoms with Gasteiger partial charge in [0, 0.05) is 11.8 Å². The van der Waals surface area contributed by atoms with Crippen molar-refractivity contribution in [2.45, 2.75) is 44.9 Å². The zero-order valence-electron chi connectivity index (χ0n) is 8.75. The zero-order chi connectivity index (χ0) is 10.1. The van der Waals surface area contributed by atoms with Crippen LogP contribution in [0.3, 0.4) is 0 Å². The first-order chi connectivity index (χ1) is 6.76. The predicted molar refractivity (Wildman–Crippen MR) is 54.8 cm³/mol. The largest absolute Gasteiger partial charge is 0.465 e. The Morgan fingerprint density at radius 3 is 2.86 bits per heavy atom. The fourth-order valence-corrected chi connectivity index (χ4v) is 1.64.